The van der Waals surface area contributed by atoms with Crippen molar-refractivity contribution in [3.8, 4) is 0 Å². The number of aryl methyl sites for hydroxylation is 1. The molecule has 0 aliphatic heterocycles. The molecule has 0 atom stereocenters. The Morgan fingerprint density at radius 3 is 2.81 bits per heavy atom. The molecule has 0 aromatic carbocycles. The van der Waals surface area contributed by atoms with Gasteiger partial charge in [-0.25, -0.2) is 4.98 Å². The number of rotatable bonds is 5. The van der Waals surface area contributed by atoms with Crippen molar-refractivity contribution in [3.05, 3.63) is 22.2 Å². The number of aliphatic carboxylic acids is 1. The maximum absolute atomic E-state index is 10.6. The van der Waals surface area contributed by atoms with Crippen molar-refractivity contribution in [2.24, 2.45) is 0 Å². The maximum Gasteiger partial charge on any atom is 0.308 e. The van der Waals surface area contributed by atoms with Crippen LogP contribution in [-0.4, -0.2) is 21.8 Å². The highest BCUT2D eigenvalue weighted by atomic mass is 32.2. The van der Waals surface area contributed by atoms with Gasteiger partial charge in [-0.15, -0.1) is 11.3 Å². The van der Waals surface area contributed by atoms with E-state index in [0.29, 0.717) is 0 Å². The average Bonchev–Trinajstić information content (AvgIpc) is 2.45. The van der Waals surface area contributed by atoms with E-state index in [0.717, 1.165) is 20.7 Å². The van der Waals surface area contributed by atoms with E-state index in [1.54, 1.807) is 11.8 Å². The molecule has 0 aliphatic rings. The smallest absolute Gasteiger partial charge is 0.308 e. The molecule has 0 radical (unpaired) electrons. The Balaban J connectivity index is 2.62. The van der Waals surface area contributed by atoms with Gasteiger partial charge in [0.2, 0.25) is 0 Å². The summed E-state index contributed by atoms with van der Waals surface area (Å²) in [4.78, 5) is 15.8. The van der Waals surface area contributed by atoms with Crippen LogP contribution >= 0.6 is 23.1 Å². The number of thiazole rings is 1. The lowest BCUT2D eigenvalue weighted by Crippen LogP contribution is -1.99. The van der Waals surface area contributed by atoms with Crippen LogP contribution in [0.1, 0.15) is 24.4 Å². The van der Waals surface area contributed by atoms with Gasteiger partial charge < -0.3 is 5.11 Å². The summed E-state index contributed by atoms with van der Waals surface area (Å²) in [5.74, 6) is 0.0922. The number of thioether (sulfide) groups is 1. The van der Waals surface area contributed by atoms with Crippen LogP contribution in [0.15, 0.2) is 16.0 Å². The molecule has 0 fully saturated rings. The molecule has 1 N–H and O–H groups in total. The first-order valence-corrected chi connectivity index (χ1v) is 6.73. The summed E-state index contributed by atoms with van der Waals surface area (Å²) in [7, 11) is 0. The highest BCUT2D eigenvalue weighted by molar-refractivity contribution is 8.01. The van der Waals surface area contributed by atoms with E-state index in [-0.39, 0.29) is 6.42 Å². The fourth-order valence-corrected chi connectivity index (χ4v) is 3.33. The van der Waals surface area contributed by atoms with Crippen molar-refractivity contribution in [2.45, 2.75) is 31.5 Å². The van der Waals surface area contributed by atoms with Crippen molar-refractivity contribution in [2.75, 3.05) is 5.75 Å². The SMILES string of the molecule is CC(C)=CCSc1nc(C)c(CC(=O)O)s1. The van der Waals surface area contributed by atoms with Gasteiger partial charge in [-0.05, 0) is 20.8 Å². The van der Waals surface area contributed by atoms with Crippen LogP contribution in [0.3, 0.4) is 0 Å². The van der Waals surface area contributed by atoms with Crippen molar-refractivity contribution < 1.29 is 9.90 Å². The van der Waals surface area contributed by atoms with Crippen molar-refractivity contribution >= 4 is 29.1 Å². The summed E-state index contributed by atoms with van der Waals surface area (Å²) in [5, 5.41) is 8.71. The van der Waals surface area contributed by atoms with Gasteiger partial charge in [-0.3, -0.25) is 4.79 Å². The molecule has 0 saturated carbocycles. The number of carboxylic acid groups (broad SMARTS) is 1. The van der Waals surface area contributed by atoms with Crippen LogP contribution in [-0.2, 0) is 11.2 Å². The van der Waals surface area contributed by atoms with Gasteiger partial charge in [-0.1, -0.05) is 23.4 Å². The predicted octanol–water partition coefficient (Wildman–Crippen LogP) is 3.14. The van der Waals surface area contributed by atoms with Gasteiger partial charge in [-0.2, -0.15) is 0 Å². The average molecular weight is 257 g/mol. The summed E-state index contributed by atoms with van der Waals surface area (Å²) >= 11 is 3.13. The van der Waals surface area contributed by atoms with Crippen LogP contribution in [0.25, 0.3) is 0 Å². The largest absolute Gasteiger partial charge is 0.481 e. The summed E-state index contributed by atoms with van der Waals surface area (Å²) in [5.41, 5.74) is 2.12. The highest BCUT2D eigenvalue weighted by Crippen LogP contribution is 2.27. The van der Waals surface area contributed by atoms with Crippen LogP contribution in [0.2, 0.25) is 0 Å². The lowest BCUT2D eigenvalue weighted by molar-refractivity contribution is -0.136. The quantitative estimate of drug-likeness (QED) is 0.650. The molecule has 1 aromatic heterocycles. The maximum atomic E-state index is 10.6. The van der Waals surface area contributed by atoms with Gasteiger partial charge in [0.1, 0.15) is 0 Å². The fourth-order valence-electron chi connectivity index (χ4n) is 1.04. The molecule has 3 nitrogen and oxygen atoms in total. The van der Waals surface area contributed by atoms with Gasteiger partial charge in [0.15, 0.2) is 4.34 Å². The Morgan fingerprint density at radius 1 is 1.56 bits per heavy atom. The van der Waals surface area contributed by atoms with Crippen molar-refractivity contribution in [1.29, 1.82) is 0 Å². The van der Waals surface area contributed by atoms with Gasteiger partial charge in [0.05, 0.1) is 12.1 Å². The summed E-state index contributed by atoms with van der Waals surface area (Å²) in [6.07, 6.45) is 2.21. The Labute approximate surface area is 104 Å². The van der Waals surface area contributed by atoms with Crippen molar-refractivity contribution in [1.82, 2.24) is 4.98 Å². The highest BCUT2D eigenvalue weighted by Gasteiger charge is 2.10. The van der Waals surface area contributed by atoms with E-state index >= 15 is 0 Å². The van der Waals surface area contributed by atoms with E-state index in [9.17, 15) is 4.79 Å². The molecule has 1 aromatic rings. The first-order chi connectivity index (χ1) is 7.49. The number of allylic oxidation sites excluding steroid dienone is 1. The molecule has 0 saturated heterocycles. The third-order valence-corrected chi connectivity index (χ3v) is 4.11. The second-order valence-electron chi connectivity index (χ2n) is 3.65. The molecule has 0 aliphatic carbocycles. The first-order valence-electron chi connectivity index (χ1n) is 4.93. The molecule has 0 spiro atoms. The lowest BCUT2D eigenvalue weighted by atomic mass is 10.3. The molecule has 1 heterocycles. The minimum atomic E-state index is -0.799. The number of aromatic nitrogens is 1. The second kappa shape index (κ2) is 6.06. The molecular weight excluding hydrogens is 242 g/mol. The lowest BCUT2D eigenvalue weighted by Gasteiger charge is -1.91. The summed E-state index contributed by atoms with van der Waals surface area (Å²) < 4.78 is 0.950. The van der Waals surface area contributed by atoms with Gasteiger partial charge in [0.25, 0.3) is 0 Å². The zero-order valence-electron chi connectivity index (χ0n) is 9.61. The Morgan fingerprint density at radius 2 is 2.25 bits per heavy atom. The zero-order valence-corrected chi connectivity index (χ0v) is 11.2. The molecule has 0 unspecified atom stereocenters. The zero-order chi connectivity index (χ0) is 12.1. The van der Waals surface area contributed by atoms with E-state index in [1.807, 2.05) is 6.92 Å². The fraction of sp³-hybridized carbons (Fsp3) is 0.455. The molecule has 0 amide bonds. The Bertz CT molecular complexity index is 406. The van der Waals surface area contributed by atoms with E-state index in [2.05, 4.69) is 24.9 Å². The van der Waals surface area contributed by atoms with Crippen LogP contribution < -0.4 is 0 Å². The third-order valence-electron chi connectivity index (χ3n) is 1.88. The molecule has 0 bridgehead atoms. The third kappa shape index (κ3) is 4.37. The minimum Gasteiger partial charge on any atom is -0.481 e. The summed E-state index contributed by atoms with van der Waals surface area (Å²) in [6.45, 7) is 5.98. The second-order valence-corrected chi connectivity index (χ2v) is 6.00. The van der Waals surface area contributed by atoms with E-state index in [1.165, 1.54) is 16.9 Å². The number of hydrogen-bond donors (Lipinski definition) is 1. The number of carbonyl (C=O) groups is 1. The molecule has 16 heavy (non-hydrogen) atoms. The Kier molecular flexibility index (Phi) is 5.02. The van der Waals surface area contributed by atoms with Crippen molar-refractivity contribution in [3.63, 3.8) is 0 Å². The standard InChI is InChI=1S/C11H15NO2S2/c1-7(2)4-5-15-11-12-8(3)9(16-11)6-10(13)14/h4H,5-6H2,1-3H3,(H,13,14). The van der Waals surface area contributed by atoms with Crippen LogP contribution in [0.4, 0.5) is 0 Å². The van der Waals surface area contributed by atoms with E-state index < -0.39 is 5.97 Å². The summed E-state index contributed by atoms with van der Waals surface area (Å²) in [6, 6.07) is 0. The predicted molar refractivity (Wildman–Crippen MR) is 68.3 cm³/mol. The monoisotopic (exact) mass is 257 g/mol. The molecule has 88 valence electrons. The molecule has 1 rings (SSSR count). The first kappa shape index (κ1) is 13.3. The van der Waals surface area contributed by atoms with Crippen LogP contribution in [0, 0.1) is 6.92 Å². The van der Waals surface area contributed by atoms with E-state index in [4.69, 9.17) is 5.11 Å². The molecular formula is C11H15NO2S2. The number of carboxylic acids is 1. The topological polar surface area (TPSA) is 50.2 Å². The van der Waals surface area contributed by atoms with Gasteiger partial charge >= 0.3 is 5.97 Å². The normalized spacial score (nSPS) is 10.2. The molecule has 5 heteroatoms. The number of nitrogens with zero attached hydrogens (tertiary/aromatic N) is 1. The minimum absolute atomic E-state index is 0.0761. The Hall–Kier alpha value is -0.810. The number of hydrogen-bond acceptors (Lipinski definition) is 4. The van der Waals surface area contributed by atoms with Gasteiger partial charge in [0, 0.05) is 10.6 Å². The van der Waals surface area contributed by atoms with Crippen LogP contribution in [0.5, 0.6) is 0 Å².